The highest BCUT2D eigenvalue weighted by molar-refractivity contribution is 7.11. The van der Waals surface area contributed by atoms with Crippen LogP contribution in [0, 0.1) is 11.3 Å². The van der Waals surface area contributed by atoms with Crippen LogP contribution in [0.1, 0.15) is 36.4 Å². The number of nitrogens with zero attached hydrogens (tertiary/aromatic N) is 1. The second-order valence-electron chi connectivity index (χ2n) is 6.67. The highest BCUT2D eigenvalue weighted by Crippen LogP contribution is 2.52. The molecule has 1 aliphatic carbocycles. The van der Waals surface area contributed by atoms with Gasteiger partial charge in [-0.05, 0) is 38.8 Å². The molecular formula is C17H20ClN5OS. The molecule has 0 aromatic carbocycles. The number of alkyl halides is 1. The average molecular weight is 378 g/mol. The Hall–Kier alpha value is -1.70. The summed E-state index contributed by atoms with van der Waals surface area (Å²) in [5.74, 6) is 0.712. The summed E-state index contributed by atoms with van der Waals surface area (Å²) in [4.78, 5) is 16.4. The Morgan fingerprint density at radius 1 is 1.36 bits per heavy atom. The highest BCUT2D eigenvalue weighted by atomic mass is 35.5. The number of aromatic nitrogens is 1. The number of halogens is 1. The van der Waals surface area contributed by atoms with E-state index in [-0.39, 0.29) is 10.8 Å². The zero-order valence-corrected chi connectivity index (χ0v) is 15.3. The van der Waals surface area contributed by atoms with Crippen molar-refractivity contribution in [3.63, 3.8) is 0 Å². The van der Waals surface area contributed by atoms with Crippen molar-refractivity contribution in [3.8, 4) is 0 Å². The Morgan fingerprint density at radius 3 is 2.80 bits per heavy atom. The first-order valence-electron chi connectivity index (χ1n) is 8.49. The minimum atomic E-state index is -0.323. The van der Waals surface area contributed by atoms with Gasteiger partial charge in [0.1, 0.15) is 10.8 Å². The van der Waals surface area contributed by atoms with Crippen molar-refractivity contribution in [2.45, 2.75) is 30.6 Å². The van der Waals surface area contributed by atoms with Gasteiger partial charge in [0.15, 0.2) is 0 Å². The summed E-state index contributed by atoms with van der Waals surface area (Å²) in [6.07, 6.45) is 6.74. The Kier molecular flexibility index (Phi) is 4.39. The van der Waals surface area contributed by atoms with Gasteiger partial charge in [0.2, 0.25) is 0 Å². The van der Waals surface area contributed by atoms with Crippen molar-refractivity contribution < 1.29 is 4.79 Å². The van der Waals surface area contributed by atoms with E-state index in [0.717, 1.165) is 50.2 Å². The molecule has 3 heterocycles. The van der Waals surface area contributed by atoms with Gasteiger partial charge in [0.05, 0.1) is 16.1 Å². The molecule has 0 radical (unpaired) electrons. The van der Waals surface area contributed by atoms with Crippen LogP contribution in [0.2, 0.25) is 0 Å². The van der Waals surface area contributed by atoms with Gasteiger partial charge in [-0.15, -0.1) is 22.9 Å². The van der Waals surface area contributed by atoms with Gasteiger partial charge in [0.25, 0.3) is 5.91 Å². The Bertz CT molecular complexity index is 774. The molecule has 6 nitrogen and oxygen atoms in total. The van der Waals surface area contributed by atoms with E-state index >= 15 is 0 Å². The van der Waals surface area contributed by atoms with Gasteiger partial charge in [-0.25, -0.2) is 4.98 Å². The number of rotatable bonds is 4. The molecular weight excluding hydrogens is 358 g/mol. The van der Waals surface area contributed by atoms with E-state index in [4.69, 9.17) is 17.0 Å². The van der Waals surface area contributed by atoms with Gasteiger partial charge < -0.3 is 21.4 Å². The van der Waals surface area contributed by atoms with E-state index in [1.165, 1.54) is 17.6 Å². The maximum Gasteiger partial charge on any atom is 0.251 e. The lowest BCUT2D eigenvalue weighted by molar-refractivity contribution is -0.116. The lowest BCUT2D eigenvalue weighted by Gasteiger charge is -2.29. The van der Waals surface area contributed by atoms with E-state index in [0.29, 0.717) is 22.3 Å². The minimum Gasteiger partial charge on any atom is -0.344 e. The molecule has 2 aliphatic heterocycles. The Labute approximate surface area is 155 Å². The molecule has 1 saturated carbocycles. The van der Waals surface area contributed by atoms with Crippen molar-refractivity contribution in [2.75, 3.05) is 13.1 Å². The van der Waals surface area contributed by atoms with Crippen molar-refractivity contribution in [3.05, 3.63) is 33.7 Å². The molecule has 25 heavy (non-hydrogen) atoms. The number of piperidine rings is 1. The van der Waals surface area contributed by atoms with Crippen LogP contribution in [0.25, 0.3) is 5.57 Å². The molecule has 3 aliphatic rings. The SMILES string of the molecule is N=C/C(=C1/NC(=O)C=C(C2CCNCC2)N1)c1nc(C2(Cl)CC2)cs1. The van der Waals surface area contributed by atoms with Crippen molar-refractivity contribution in [2.24, 2.45) is 5.92 Å². The summed E-state index contributed by atoms with van der Waals surface area (Å²) >= 11 is 7.89. The number of carbonyl (C=O) groups is 1. The standard InChI is InChI=1S/C17H20ClN5OS/c18-17(3-4-17)13-9-25-16(22-13)11(8-19)15-21-12(7-14(24)23-15)10-1-5-20-6-2-10/h7-10,19-21H,1-6H2,(H,23,24)/b15-11-,19-8?. The van der Waals surface area contributed by atoms with E-state index in [1.54, 1.807) is 6.08 Å². The fourth-order valence-electron chi connectivity index (χ4n) is 3.21. The number of hydrogen-bond acceptors (Lipinski definition) is 6. The molecule has 1 aromatic heterocycles. The zero-order valence-electron chi connectivity index (χ0n) is 13.7. The van der Waals surface area contributed by atoms with E-state index in [9.17, 15) is 4.79 Å². The van der Waals surface area contributed by atoms with E-state index in [2.05, 4.69) is 20.9 Å². The zero-order chi connectivity index (χ0) is 17.4. The average Bonchev–Trinajstić information content (AvgIpc) is 3.18. The minimum absolute atomic E-state index is 0.158. The monoisotopic (exact) mass is 377 g/mol. The van der Waals surface area contributed by atoms with Crippen LogP contribution in [0.3, 0.4) is 0 Å². The normalized spacial score (nSPS) is 24.8. The number of nitrogens with one attached hydrogen (secondary N) is 4. The molecule has 4 rings (SSSR count). The highest BCUT2D eigenvalue weighted by Gasteiger charge is 2.44. The summed E-state index contributed by atoms with van der Waals surface area (Å²) in [6.45, 7) is 1.91. The van der Waals surface area contributed by atoms with Crippen LogP contribution in [-0.4, -0.2) is 30.2 Å². The molecule has 4 N–H and O–H groups in total. The van der Waals surface area contributed by atoms with Gasteiger partial charge in [-0.2, -0.15) is 0 Å². The molecule has 2 fully saturated rings. The second-order valence-corrected chi connectivity index (χ2v) is 8.26. The molecule has 1 saturated heterocycles. The van der Waals surface area contributed by atoms with E-state index in [1.807, 2.05) is 5.38 Å². The van der Waals surface area contributed by atoms with Gasteiger partial charge >= 0.3 is 0 Å². The predicted molar refractivity (Wildman–Crippen MR) is 99.5 cm³/mol. The van der Waals surface area contributed by atoms with Gasteiger partial charge in [0, 0.05) is 29.3 Å². The molecule has 1 amide bonds. The fraction of sp³-hybridized carbons (Fsp3) is 0.471. The van der Waals surface area contributed by atoms with Crippen molar-refractivity contribution >= 4 is 40.6 Å². The predicted octanol–water partition coefficient (Wildman–Crippen LogP) is 2.29. The largest absolute Gasteiger partial charge is 0.344 e. The van der Waals surface area contributed by atoms with Crippen LogP contribution in [0.5, 0.6) is 0 Å². The molecule has 1 aromatic rings. The molecule has 8 heteroatoms. The summed E-state index contributed by atoms with van der Waals surface area (Å²) in [6, 6.07) is 0. The number of allylic oxidation sites excluding steroid dienone is 2. The molecule has 0 bridgehead atoms. The smallest absolute Gasteiger partial charge is 0.251 e. The van der Waals surface area contributed by atoms with E-state index < -0.39 is 0 Å². The maximum atomic E-state index is 12.2. The first-order valence-corrected chi connectivity index (χ1v) is 9.75. The van der Waals surface area contributed by atoms with Crippen LogP contribution < -0.4 is 16.0 Å². The quantitative estimate of drug-likeness (QED) is 0.478. The third-order valence-corrected chi connectivity index (χ3v) is 6.33. The van der Waals surface area contributed by atoms with Gasteiger partial charge in [-0.1, -0.05) is 0 Å². The lowest BCUT2D eigenvalue weighted by Crippen LogP contribution is -2.41. The first-order chi connectivity index (χ1) is 12.1. The third-order valence-electron chi connectivity index (χ3n) is 4.88. The third kappa shape index (κ3) is 3.36. The fourth-order valence-corrected chi connectivity index (χ4v) is 4.41. The molecule has 132 valence electrons. The summed E-state index contributed by atoms with van der Waals surface area (Å²) in [5, 5.41) is 20.0. The van der Waals surface area contributed by atoms with Crippen LogP contribution in [0.4, 0.5) is 0 Å². The Morgan fingerprint density at radius 2 is 2.12 bits per heavy atom. The van der Waals surface area contributed by atoms with Crippen molar-refractivity contribution in [1.29, 1.82) is 5.41 Å². The maximum absolute atomic E-state index is 12.2. The number of thiazole rings is 1. The molecule has 0 atom stereocenters. The second kappa shape index (κ2) is 6.55. The van der Waals surface area contributed by atoms with Crippen molar-refractivity contribution in [1.82, 2.24) is 20.9 Å². The topological polar surface area (TPSA) is 89.9 Å². The van der Waals surface area contributed by atoms with Gasteiger partial charge in [-0.3, -0.25) is 4.79 Å². The molecule has 0 spiro atoms. The Balaban J connectivity index is 1.63. The summed E-state index contributed by atoms with van der Waals surface area (Å²) in [5.41, 5.74) is 2.38. The summed E-state index contributed by atoms with van der Waals surface area (Å²) < 4.78 is 0. The lowest BCUT2D eigenvalue weighted by atomic mass is 9.93. The summed E-state index contributed by atoms with van der Waals surface area (Å²) in [7, 11) is 0. The van der Waals surface area contributed by atoms with Crippen LogP contribution in [0.15, 0.2) is 23.0 Å². The number of amides is 1. The van der Waals surface area contributed by atoms with Crippen LogP contribution in [-0.2, 0) is 9.67 Å². The first kappa shape index (κ1) is 16.8. The number of carbonyl (C=O) groups excluding carboxylic acids is 1. The number of hydrogen-bond donors (Lipinski definition) is 4. The molecule has 0 unspecified atom stereocenters. The van der Waals surface area contributed by atoms with Crippen LogP contribution >= 0.6 is 22.9 Å².